The first-order valence-electron chi connectivity index (χ1n) is 4.26. The molecule has 4 heteroatoms. The second kappa shape index (κ2) is 3.03. The number of hydrogen-bond donors (Lipinski definition) is 0. The third-order valence-corrected chi connectivity index (χ3v) is 3.77. The van der Waals surface area contributed by atoms with Crippen LogP contribution >= 0.6 is 11.8 Å². The Balaban J connectivity index is 2.43. The first-order valence-corrected chi connectivity index (χ1v) is 5.48. The number of aryl methyl sites for hydroxylation is 2. The van der Waals surface area contributed by atoms with Crippen LogP contribution in [0.1, 0.15) is 17.0 Å². The monoisotopic (exact) mass is 199 g/mol. The maximum Gasteiger partial charge on any atom is 0.138 e. The molecule has 0 aliphatic carbocycles. The minimum Gasteiger partial charge on any atom is -0.378 e. The lowest BCUT2D eigenvalue weighted by Crippen LogP contribution is -2.44. The van der Waals surface area contributed by atoms with E-state index in [2.05, 4.69) is 11.4 Å². The molecule has 2 heterocycles. The molecule has 2 rings (SSSR count). The van der Waals surface area contributed by atoms with E-state index in [4.69, 9.17) is 9.26 Å². The van der Waals surface area contributed by atoms with Crippen molar-refractivity contribution < 1.29 is 9.26 Å². The minimum absolute atomic E-state index is 0.105. The van der Waals surface area contributed by atoms with Crippen LogP contribution in [0.25, 0.3) is 0 Å². The van der Waals surface area contributed by atoms with E-state index in [-0.39, 0.29) is 4.75 Å². The Labute approximate surface area is 81.8 Å². The lowest BCUT2D eigenvalue weighted by atomic mass is 9.95. The standard InChI is InChI=1S/C9H13NO2S/c1-6-8(7(2)12-10-6)9(13-3)4-11-5-9/h4-5H2,1-3H3. The lowest BCUT2D eigenvalue weighted by molar-refractivity contribution is -0.0114. The molecule has 1 aromatic heterocycles. The van der Waals surface area contributed by atoms with E-state index in [1.165, 1.54) is 5.56 Å². The van der Waals surface area contributed by atoms with Gasteiger partial charge in [-0.05, 0) is 20.1 Å². The average molecular weight is 199 g/mol. The highest BCUT2D eigenvalue weighted by Gasteiger charge is 2.43. The fraction of sp³-hybridized carbons (Fsp3) is 0.667. The molecule has 1 aliphatic heterocycles. The summed E-state index contributed by atoms with van der Waals surface area (Å²) < 4.78 is 10.5. The van der Waals surface area contributed by atoms with Gasteiger partial charge in [0, 0.05) is 5.56 Å². The molecular weight excluding hydrogens is 186 g/mol. The largest absolute Gasteiger partial charge is 0.378 e. The van der Waals surface area contributed by atoms with E-state index in [9.17, 15) is 0 Å². The number of ether oxygens (including phenoxy) is 1. The molecule has 13 heavy (non-hydrogen) atoms. The summed E-state index contributed by atoms with van der Waals surface area (Å²) in [7, 11) is 0. The SMILES string of the molecule is CSC1(c2c(C)noc2C)COC1. The van der Waals surface area contributed by atoms with Crippen molar-refractivity contribution in [3.63, 3.8) is 0 Å². The number of rotatable bonds is 2. The minimum atomic E-state index is 0.105. The van der Waals surface area contributed by atoms with Gasteiger partial charge < -0.3 is 9.26 Å². The zero-order valence-electron chi connectivity index (χ0n) is 8.09. The van der Waals surface area contributed by atoms with Crippen molar-refractivity contribution in [1.82, 2.24) is 5.16 Å². The molecule has 0 amide bonds. The maximum atomic E-state index is 5.27. The molecular formula is C9H13NO2S. The van der Waals surface area contributed by atoms with Crippen molar-refractivity contribution >= 4 is 11.8 Å². The fourth-order valence-corrected chi connectivity index (χ4v) is 2.68. The molecule has 1 aliphatic rings. The van der Waals surface area contributed by atoms with Gasteiger partial charge in [-0.1, -0.05) is 5.16 Å². The summed E-state index contributed by atoms with van der Waals surface area (Å²) >= 11 is 1.82. The molecule has 1 saturated heterocycles. The van der Waals surface area contributed by atoms with Gasteiger partial charge in [-0.2, -0.15) is 0 Å². The quantitative estimate of drug-likeness (QED) is 0.728. The van der Waals surface area contributed by atoms with Crippen molar-refractivity contribution in [2.45, 2.75) is 18.6 Å². The Morgan fingerprint density at radius 1 is 1.38 bits per heavy atom. The predicted octanol–water partition coefficient (Wildman–Crippen LogP) is 1.88. The van der Waals surface area contributed by atoms with Gasteiger partial charge in [-0.25, -0.2) is 0 Å². The second-order valence-electron chi connectivity index (χ2n) is 3.39. The van der Waals surface area contributed by atoms with Crippen molar-refractivity contribution in [1.29, 1.82) is 0 Å². The van der Waals surface area contributed by atoms with Gasteiger partial charge in [-0.3, -0.25) is 0 Å². The van der Waals surface area contributed by atoms with Crippen LogP contribution < -0.4 is 0 Å². The summed E-state index contributed by atoms with van der Waals surface area (Å²) in [6.07, 6.45) is 2.11. The summed E-state index contributed by atoms with van der Waals surface area (Å²) in [5, 5.41) is 3.97. The van der Waals surface area contributed by atoms with Crippen molar-refractivity contribution in [3.8, 4) is 0 Å². The molecule has 72 valence electrons. The highest BCUT2D eigenvalue weighted by atomic mass is 32.2. The molecule has 0 aromatic carbocycles. The average Bonchev–Trinajstić information content (AvgIpc) is 2.35. The van der Waals surface area contributed by atoms with E-state index in [1.54, 1.807) is 0 Å². The molecule has 0 unspecified atom stereocenters. The van der Waals surface area contributed by atoms with Gasteiger partial charge in [-0.15, -0.1) is 11.8 Å². The Morgan fingerprint density at radius 2 is 2.08 bits per heavy atom. The normalized spacial score (nSPS) is 19.9. The summed E-state index contributed by atoms with van der Waals surface area (Å²) in [5.41, 5.74) is 2.22. The first kappa shape index (κ1) is 9.09. The van der Waals surface area contributed by atoms with Crippen LogP contribution in [0.4, 0.5) is 0 Å². The summed E-state index contributed by atoms with van der Waals surface area (Å²) in [5.74, 6) is 0.926. The zero-order chi connectivity index (χ0) is 9.47. The molecule has 0 bridgehead atoms. The molecule has 0 spiro atoms. The van der Waals surface area contributed by atoms with Crippen molar-refractivity contribution in [3.05, 3.63) is 17.0 Å². The van der Waals surface area contributed by atoms with E-state index < -0.39 is 0 Å². The van der Waals surface area contributed by atoms with E-state index in [1.807, 2.05) is 25.6 Å². The topological polar surface area (TPSA) is 35.3 Å². The van der Waals surface area contributed by atoms with Gasteiger partial charge in [0.1, 0.15) is 5.76 Å². The first-order chi connectivity index (χ1) is 6.19. The summed E-state index contributed by atoms with van der Waals surface area (Å²) in [6.45, 7) is 5.50. The maximum absolute atomic E-state index is 5.27. The molecule has 0 saturated carbocycles. The Bertz CT molecular complexity index is 292. The van der Waals surface area contributed by atoms with Gasteiger partial charge in [0.05, 0.1) is 23.7 Å². The van der Waals surface area contributed by atoms with Crippen LogP contribution in [0.2, 0.25) is 0 Å². The summed E-state index contributed by atoms with van der Waals surface area (Å²) in [6, 6.07) is 0. The molecule has 0 radical (unpaired) electrons. The Hall–Kier alpha value is -0.480. The number of thioether (sulfide) groups is 1. The molecule has 0 atom stereocenters. The second-order valence-corrected chi connectivity index (χ2v) is 4.58. The number of hydrogen-bond acceptors (Lipinski definition) is 4. The van der Waals surface area contributed by atoms with Crippen LogP contribution in [0.15, 0.2) is 4.52 Å². The third-order valence-electron chi connectivity index (χ3n) is 2.55. The van der Waals surface area contributed by atoms with Gasteiger partial charge in [0.15, 0.2) is 0 Å². The van der Waals surface area contributed by atoms with Crippen molar-refractivity contribution in [2.24, 2.45) is 0 Å². The molecule has 1 fully saturated rings. The highest BCUT2D eigenvalue weighted by Crippen LogP contribution is 2.44. The van der Waals surface area contributed by atoms with E-state index >= 15 is 0 Å². The van der Waals surface area contributed by atoms with Gasteiger partial charge >= 0.3 is 0 Å². The van der Waals surface area contributed by atoms with Crippen LogP contribution in [0.5, 0.6) is 0 Å². The number of nitrogens with zero attached hydrogens (tertiary/aromatic N) is 1. The van der Waals surface area contributed by atoms with Crippen LogP contribution in [-0.2, 0) is 9.48 Å². The fourth-order valence-electron chi connectivity index (χ4n) is 1.79. The lowest BCUT2D eigenvalue weighted by Gasteiger charge is -2.39. The smallest absolute Gasteiger partial charge is 0.138 e. The Morgan fingerprint density at radius 3 is 2.38 bits per heavy atom. The highest BCUT2D eigenvalue weighted by molar-refractivity contribution is 7.99. The summed E-state index contributed by atoms with van der Waals surface area (Å²) in [4.78, 5) is 0. The zero-order valence-corrected chi connectivity index (χ0v) is 8.90. The number of aromatic nitrogens is 1. The van der Waals surface area contributed by atoms with Gasteiger partial charge in [0.25, 0.3) is 0 Å². The van der Waals surface area contributed by atoms with E-state index in [0.29, 0.717) is 0 Å². The molecule has 3 nitrogen and oxygen atoms in total. The Kier molecular flexibility index (Phi) is 2.12. The predicted molar refractivity (Wildman–Crippen MR) is 52.0 cm³/mol. The van der Waals surface area contributed by atoms with Gasteiger partial charge in [0.2, 0.25) is 0 Å². The molecule has 1 aromatic rings. The van der Waals surface area contributed by atoms with Crippen LogP contribution in [0.3, 0.4) is 0 Å². The van der Waals surface area contributed by atoms with Crippen molar-refractivity contribution in [2.75, 3.05) is 19.5 Å². The van der Waals surface area contributed by atoms with E-state index in [0.717, 1.165) is 24.7 Å². The third kappa shape index (κ3) is 1.20. The molecule has 0 N–H and O–H groups in total. The van der Waals surface area contributed by atoms with Crippen LogP contribution in [-0.4, -0.2) is 24.6 Å². The van der Waals surface area contributed by atoms with Crippen LogP contribution in [0, 0.1) is 13.8 Å².